The van der Waals surface area contributed by atoms with Gasteiger partial charge in [0.25, 0.3) is 0 Å². The molecule has 1 atom stereocenters. The number of carbonyl (C=O) groups is 1. The molecule has 0 amide bonds. The van der Waals surface area contributed by atoms with Crippen molar-refractivity contribution in [2.75, 3.05) is 17.7 Å². The van der Waals surface area contributed by atoms with E-state index in [4.69, 9.17) is 16.1 Å². The lowest BCUT2D eigenvalue weighted by Gasteiger charge is -2.25. The van der Waals surface area contributed by atoms with Gasteiger partial charge in [0.1, 0.15) is 11.4 Å². The highest BCUT2D eigenvalue weighted by atomic mass is 16.4. The van der Waals surface area contributed by atoms with Crippen LogP contribution in [0.4, 0.5) is 11.5 Å². The molecule has 90 valence electrons. The Bertz CT molecular complexity index is 467. The second-order valence-electron chi connectivity index (χ2n) is 3.77. The van der Waals surface area contributed by atoms with Crippen LogP contribution in [0, 0.1) is 11.3 Å². The fraction of sp³-hybridized carbons (Fsp3) is 0.364. The molecule has 1 unspecified atom stereocenters. The molecule has 0 spiro atoms. The maximum Gasteiger partial charge on any atom is 0.339 e. The van der Waals surface area contributed by atoms with Crippen LogP contribution in [-0.4, -0.2) is 29.1 Å². The molecule has 0 bridgehead atoms. The number of nitrogen functional groups attached to an aromatic ring is 1. The van der Waals surface area contributed by atoms with Gasteiger partial charge in [0.2, 0.25) is 0 Å². The third-order valence-corrected chi connectivity index (χ3v) is 2.50. The Morgan fingerprint density at radius 2 is 2.41 bits per heavy atom. The minimum atomic E-state index is -1.09. The number of aromatic nitrogens is 1. The topological polar surface area (TPSA) is 103 Å². The van der Waals surface area contributed by atoms with Crippen LogP contribution in [0.25, 0.3) is 0 Å². The first-order valence-corrected chi connectivity index (χ1v) is 5.06. The summed E-state index contributed by atoms with van der Waals surface area (Å²) in [5, 5.41) is 17.7. The van der Waals surface area contributed by atoms with Crippen LogP contribution >= 0.6 is 0 Å². The molecule has 0 aliphatic rings. The first kappa shape index (κ1) is 12.8. The van der Waals surface area contributed by atoms with E-state index in [0.29, 0.717) is 17.9 Å². The highest BCUT2D eigenvalue weighted by Crippen LogP contribution is 2.21. The predicted octanol–water partition coefficient (Wildman–Crippen LogP) is 1.10. The number of carboxylic acids is 1. The third kappa shape index (κ3) is 2.84. The van der Waals surface area contributed by atoms with Crippen LogP contribution < -0.4 is 10.6 Å². The molecular weight excluding hydrogens is 220 g/mol. The average molecular weight is 234 g/mol. The van der Waals surface area contributed by atoms with Crippen molar-refractivity contribution in [1.29, 1.82) is 5.26 Å². The van der Waals surface area contributed by atoms with E-state index in [-0.39, 0.29) is 11.6 Å². The molecule has 1 heterocycles. The molecule has 0 saturated heterocycles. The second-order valence-corrected chi connectivity index (χ2v) is 3.77. The largest absolute Gasteiger partial charge is 0.478 e. The fourth-order valence-corrected chi connectivity index (χ4v) is 1.39. The minimum absolute atomic E-state index is 0.0392. The van der Waals surface area contributed by atoms with Crippen LogP contribution in [0.2, 0.25) is 0 Å². The maximum atomic E-state index is 11.1. The van der Waals surface area contributed by atoms with E-state index >= 15 is 0 Å². The second kappa shape index (κ2) is 5.16. The van der Waals surface area contributed by atoms with Crippen molar-refractivity contribution < 1.29 is 9.90 Å². The zero-order valence-electron chi connectivity index (χ0n) is 9.71. The van der Waals surface area contributed by atoms with Crippen molar-refractivity contribution in [3.05, 3.63) is 17.8 Å². The molecule has 0 aliphatic carbocycles. The Morgan fingerprint density at radius 3 is 2.94 bits per heavy atom. The van der Waals surface area contributed by atoms with Crippen molar-refractivity contribution in [2.24, 2.45) is 0 Å². The summed E-state index contributed by atoms with van der Waals surface area (Å²) in [6.07, 6.45) is 1.69. The molecule has 17 heavy (non-hydrogen) atoms. The van der Waals surface area contributed by atoms with Crippen LogP contribution in [0.3, 0.4) is 0 Å². The first-order valence-electron chi connectivity index (χ1n) is 5.06. The molecular formula is C11H14N4O2. The average Bonchev–Trinajstić information content (AvgIpc) is 2.28. The Morgan fingerprint density at radius 1 is 1.76 bits per heavy atom. The van der Waals surface area contributed by atoms with E-state index in [1.165, 1.54) is 12.3 Å². The van der Waals surface area contributed by atoms with Gasteiger partial charge in [0.15, 0.2) is 0 Å². The highest BCUT2D eigenvalue weighted by Gasteiger charge is 2.19. The van der Waals surface area contributed by atoms with Gasteiger partial charge in [-0.15, -0.1) is 0 Å². The number of aromatic carboxylic acids is 1. The number of pyridine rings is 1. The summed E-state index contributed by atoms with van der Waals surface area (Å²) >= 11 is 0. The summed E-state index contributed by atoms with van der Waals surface area (Å²) in [5.41, 5.74) is 5.84. The number of hydrogen-bond donors (Lipinski definition) is 2. The lowest BCUT2D eigenvalue weighted by Crippen LogP contribution is -2.30. The number of carboxylic acid groups (broad SMARTS) is 1. The lowest BCUT2D eigenvalue weighted by molar-refractivity contribution is 0.0697. The number of nitrogens with zero attached hydrogens (tertiary/aromatic N) is 3. The van der Waals surface area contributed by atoms with Gasteiger partial charge in [0.05, 0.1) is 24.4 Å². The van der Waals surface area contributed by atoms with Gasteiger partial charge in [0, 0.05) is 13.1 Å². The van der Waals surface area contributed by atoms with Gasteiger partial charge >= 0.3 is 5.97 Å². The smallest absolute Gasteiger partial charge is 0.339 e. The number of nitrogens with two attached hydrogens (primary N) is 1. The summed E-state index contributed by atoms with van der Waals surface area (Å²) in [4.78, 5) is 16.7. The van der Waals surface area contributed by atoms with Crippen molar-refractivity contribution in [2.45, 2.75) is 19.4 Å². The van der Waals surface area contributed by atoms with E-state index < -0.39 is 5.97 Å². The Balaban J connectivity index is 3.13. The lowest BCUT2D eigenvalue weighted by atomic mass is 10.2. The SMILES string of the molecule is CC(CC#N)N(C)c1ncc(N)cc1C(=O)O. The molecule has 3 N–H and O–H groups in total. The van der Waals surface area contributed by atoms with Crippen LogP contribution in [-0.2, 0) is 0 Å². The number of nitriles is 1. The molecule has 1 aromatic heterocycles. The van der Waals surface area contributed by atoms with Gasteiger partial charge in [-0.25, -0.2) is 9.78 Å². The molecule has 0 fully saturated rings. The minimum Gasteiger partial charge on any atom is -0.478 e. The van der Waals surface area contributed by atoms with Crippen molar-refractivity contribution in [1.82, 2.24) is 4.98 Å². The van der Waals surface area contributed by atoms with E-state index in [2.05, 4.69) is 4.98 Å². The summed E-state index contributed by atoms with van der Waals surface area (Å²) in [6, 6.07) is 3.28. The van der Waals surface area contributed by atoms with Gasteiger partial charge in [-0.05, 0) is 13.0 Å². The maximum absolute atomic E-state index is 11.1. The van der Waals surface area contributed by atoms with E-state index in [0.717, 1.165) is 0 Å². The van der Waals surface area contributed by atoms with Crippen molar-refractivity contribution in [3.63, 3.8) is 0 Å². The zero-order valence-corrected chi connectivity index (χ0v) is 9.71. The summed E-state index contributed by atoms with van der Waals surface area (Å²) in [5.74, 6) is -0.773. The van der Waals surface area contributed by atoms with Gasteiger partial charge < -0.3 is 15.7 Å². The third-order valence-electron chi connectivity index (χ3n) is 2.50. The van der Waals surface area contributed by atoms with Crippen LogP contribution in [0.5, 0.6) is 0 Å². The molecule has 1 aromatic rings. The van der Waals surface area contributed by atoms with E-state index in [1.54, 1.807) is 11.9 Å². The van der Waals surface area contributed by atoms with Gasteiger partial charge in [-0.3, -0.25) is 0 Å². The summed E-state index contributed by atoms with van der Waals surface area (Å²) in [6.45, 7) is 1.83. The Labute approximate surface area is 99.3 Å². The molecule has 0 aliphatic heterocycles. The molecule has 0 radical (unpaired) electrons. The zero-order chi connectivity index (χ0) is 13.0. The highest BCUT2D eigenvalue weighted by molar-refractivity contribution is 5.94. The monoisotopic (exact) mass is 234 g/mol. The van der Waals surface area contributed by atoms with Gasteiger partial charge in [-0.2, -0.15) is 5.26 Å². The number of rotatable bonds is 4. The quantitative estimate of drug-likeness (QED) is 0.808. The van der Waals surface area contributed by atoms with Gasteiger partial charge in [-0.1, -0.05) is 0 Å². The Kier molecular flexibility index (Phi) is 3.88. The van der Waals surface area contributed by atoms with Crippen molar-refractivity contribution >= 4 is 17.5 Å². The first-order chi connectivity index (χ1) is 7.97. The fourth-order valence-electron chi connectivity index (χ4n) is 1.39. The normalized spacial score (nSPS) is 11.6. The predicted molar refractivity (Wildman–Crippen MR) is 63.7 cm³/mol. The van der Waals surface area contributed by atoms with Crippen molar-refractivity contribution in [3.8, 4) is 6.07 Å². The van der Waals surface area contributed by atoms with E-state index in [1.807, 2.05) is 13.0 Å². The number of anilines is 2. The standard InChI is InChI=1S/C11H14N4O2/c1-7(3-4-12)15(2)10-9(11(16)17)5-8(13)6-14-10/h5-7H,3,13H2,1-2H3,(H,16,17). The summed E-state index contributed by atoms with van der Waals surface area (Å²) in [7, 11) is 1.70. The molecule has 6 nitrogen and oxygen atoms in total. The molecule has 1 rings (SSSR count). The summed E-state index contributed by atoms with van der Waals surface area (Å²) < 4.78 is 0. The van der Waals surface area contributed by atoms with Crippen LogP contribution in [0.15, 0.2) is 12.3 Å². The van der Waals surface area contributed by atoms with E-state index in [9.17, 15) is 4.79 Å². The number of hydrogen-bond acceptors (Lipinski definition) is 5. The molecule has 0 aromatic carbocycles. The molecule has 6 heteroatoms. The van der Waals surface area contributed by atoms with Crippen LogP contribution in [0.1, 0.15) is 23.7 Å². The molecule has 0 saturated carbocycles. The Hall–Kier alpha value is -2.29.